The van der Waals surface area contributed by atoms with Crippen LogP contribution in [-0.2, 0) is 4.79 Å². The van der Waals surface area contributed by atoms with Crippen LogP contribution in [0.2, 0.25) is 0 Å². The van der Waals surface area contributed by atoms with Crippen molar-refractivity contribution in [2.75, 3.05) is 11.9 Å². The molecular formula is C20H28F4N2O4. The Hall–Kier alpha value is -2.52. The van der Waals surface area contributed by atoms with Crippen molar-refractivity contribution in [1.82, 2.24) is 5.32 Å². The normalized spacial score (nSPS) is 11.2. The number of halogens is 4. The first-order chi connectivity index (χ1) is 14.2. The average Bonchev–Trinajstić information content (AvgIpc) is 2.63. The molecule has 170 valence electrons. The molecule has 3 N–H and O–H groups in total. The number of urea groups is 1. The van der Waals surface area contributed by atoms with Crippen molar-refractivity contribution in [2.45, 2.75) is 70.6 Å². The van der Waals surface area contributed by atoms with Gasteiger partial charge in [-0.3, -0.25) is 4.79 Å². The summed E-state index contributed by atoms with van der Waals surface area (Å²) < 4.78 is 53.4. The van der Waals surface area contributed by atoms with Gasteiger partial charge in [0.25, 0.3) is 0 Å². The van der Waals surface area contributed by atoms with Crippen LogP contribution < -0.4 is 15.4 Å². The van der Waals surface area contributed by atoms with Crippen molar-refractivity contribution in [3.63, 3.8) is 0 Å². The molecule has 0 bridgehead atoms. The number of nitrogens with one attached hydrogen (secondary N) is 2. The number of carboxylic acids is 1. The van der Waals surface area contributed by atoms with Crippen molar-refractivity contribution < 1.29 is 37.0 Å². The highest BCUT2D eigenvalue weighted by molar-refractivity contribution is 5.89. The summed E-state index contributed by atoms with van der Waals surface area (Å²) in [6.45, 7) is 0.429. The van der Waals surface area contributed by atoms with Gasteiger partial charge in [-0.05, 0) is 25.0 Å². The molecule has 0 aliphatic rings. The maximum Gasteiger partial charge on any atom is 0.573 e. The lowest BCUT2D eigenvalue weighted by Gasteiger charge is -2.11. The number of hydrogen-bond donors (Lipinski definition) is 3. The summed E-state index contributed by atoms with van der Waals surface area (Å²) in [5.41, 5.74) is 0.0166. The molecule has 0 radical (unpaired) electrons. The molecule has 0 aromatic heterocycles. The molecule has 0 atom stereocenters. The Balaban J connectivity index is 2.07. The molecule has 1 rings (SSSR count). The Morgan fingerprint density at radius 1 is 0.933 bits per heavy atom. The lowest BCUT2D eigenvalue weighted by molar-refractivity contribution is -0.275. The molecule has 0 saturated heterocycles. The van der Waals surface area contributed by atoms with E-state index < -0.39 is 29.9 Å². The summed E-state index contributed by atoms with van der Waals surface area (Å²) in [6, 6.07) is 2.10. The van der Waals surface area contributed by atoms with Crippen molar-refractivity contribution in [2.24, 2.45) is 0 Å². The molecule has 0 aliphatic carbocycles. The van der Waals surface area contributed by atoms with Crippen molar-refractivity contribution >= 4 is 17.7 Å². The predicted octanol–water partition coefficient (Wildman–Crippen LogP) is 5.83. The number of hydrogen-bond acceptors (Lipinski definition) is 3. The van der Waals surface area contributed by atoms with Gasteiger partial charge in [-0.15, -0.1) is 13.2 Å². The van der Waals surface area contributed by atoms with E-state index in [9.17, 15) is 27.2 Å². The number of alkyl halides is 3. The zero-order valence-electron chi connectivity index (χ0n) is 16.7. The molecule has 6 nitrogen and oxygen atoms in total. The molecule has 1 aromatic carbocycles. The van der Waals surface area contributed by atoms with Crippen LogP contribution in [0, 0.1) is 5.82 Å². The number of anilines is 1. The first-order valence-electron chi connectivity index (χ1n) is 9.99. The molecule has 30 heavy (non-hydrogen) atoms. The molecule has 0 spiro atoms. The highest BCUT2D eigenvalue weighted by Gasteiger charge is 2.32. The highest BCUT2D eigenvalue weighted by atomic mass is 19.4. The van der Waals surface area contributed by atoms with Gasteiger partial charge in [-0.1, -0.05) is 44.9 Å². The number of ether oxygens (including phenoxy) is 1. The second kappa shape index (κ2) is 13.7. The van der Waals surface area contributed by atoms with E-state index in [0.29, 0.717) is 6.54 Å². The van der Waals surface area contributed by atoms with Crippen LogP contribution in [0.5, 0.6) is 5.75 Å². The second-order valence-electron chi connectivity index (χ2n) is 6.90. The number of amides is 2. The molecule has 0 unspecified atom stereocenters. The van der Waals surface area contributed by atoms with E-state index in [1.807, 2.05) is 0 Å². The molecule has 10 heteroatoms. The van der Waals surface area contributed by atoms with E-state index >= 15 is 0 Å². The van der Waals surface area contributed by atoms with Crippen LogP contribution in [0.3, 0.4) is 0 Å². The summed E-state index contributed by atoms with van der Waals surface area (Å²) in [5, 5.41) is 13.5. The van der Waals surface area contributed by atoms with Crippen LogP contribution in [0.4, 0.5) is 28.0 Å². The van der Waals surface area contributed by atoms with Crippen LogP contribution in [-0.4, -0.2) is 30.0 Å². The van der Waals surface area contributed by atoms with E-state index in [1.165, 1.54) is 0 Å². The van der Waals surface area contributed by atoms with Crippen LogP contribution in [0.15, 0.2) is 18.2 Å². The standard InChI is InChI=1S/C20H28F4N2O4/c21-16-14-15(11-12-17(16)30-20(22,23)24)26-19(29)25-13-9-7-5-3-1-2-4-6-8-10-18(27)28/h11-12,14H,1-10,13H2,(H,27,28)(H2,25,26,29). The molecule has 1 aromatic rings. The highest BCUT2D eigenvalue weighted by Crippen LogP contribution is 2.27. The molecular weight excluding hydrogens is 408 g/mol. The molecule has 0 fully saturated rings. The van der Waals surface area contributed by atoms with E-state index in [1.54, 1.807) is 0 Å². The van der Waals surface area contributed by atoms with Crippen molar-refractivity contribution in [3.8, 4) is 5.75 Å². The van der Waals surface area contributed by atoms with Crippen LogP contribution in [0.25, 0.3) is 0 Å². The van der Waals surface area contributed by atoms with E-state index in [0.717, 1.165) is 76.0 Å². The van der Waals surface area contributed by atoms with Gasteiger partial charge in [-0.2, -0.15) is 0 Å². The largest absolute Gasteiger partial charge is 0.573 e. The molecule has 0 heterocycles. The number of rotatable bonds is 14. The Kier molecular flexibility index (Phi) is 11.6. The summed E-state index contributed by atoms with van der Waals surface area (Å²) in [7, 11) is 0. The first kappa shape index (κ1) is 25.5. The lowest BCUT2D eigenvalue weighted by Crippen LogP contribution is -2.29. The third kappa shape index (κ3) is 12.8. The van der Waals surface area contributed by atoms with Gasteiger partial charge < -0.3 is 20.5 Å². The van der Waals surface area contributed by atoms with Crippen LogP contribution in [0.1, 0.15) is 64.2 Å². The van der Waals surface area contributed by atoms with Crippen molar-refractivity contribution in [3.05, 3.63) is 24.0 Å². The molecule has 0 saturated carbocycles. The number of benzene rings is 1. The van der Waals surface area contributed by atoms with Gasteiger partial charge >= 0.3 is 18.4 Å². The SMILES string of the molecule is O=C(O)CCCCCCCCCCCNC(=O)Nc1ccc(OC(F)(F)F)c(F)c1. The number of carbonyl (C=O) groups is 2. The minimum Gasteiger partial charge on any atom is -0.481 e. The monoisotopic (exact) mass is 436 g/mol. The first-order valence-corrected chi connectivity index (χ1v) is 9.99. The maximum absolute atomic E-state index is 13.6. The summed E-state index contributed by atoms with van der Waals surface area (Å²) in [4.78, 5) is 22.1. The van der Waals surface area contributed by atoms with E-state index in [4.69, 9.17) is 5.11 Å². The fourth-order valence-corrected chi connectivity index (χ4v) is 2.80. The number of carboxylic acid groups (broad SMARTS) is 1. The third-order valence-electron chi connectivity index (χ3n) is 4.27. The summed E-state index contributed by atoms with van der Waals surface area (Å²) in [6.07, 6.45) is 3.96. The molecule has 2 amide bonds. The Labute approximate surface area is 173 Å². The summed E-state index contributed by atoms with van der Waals surface area (Å²) in [5.74, 6) is -2.95. The third-order valence-corrected chi connectivity index (χ3v) is 4.27. The van der Waals surface area contributed by atoms with Gasteiger partial charge in [0.2, 0.25) is 0 Å². The number of unbranched alkanes of at least 4 members (excludes halogenated alkanes) is 8. The number of aliphatic carboxylic acids is 1. The smallest absolute Gasteiger partial charge is 0.481 e. The predicted molar refractivity (Wildman–Crippen MR) is 104 cm³/mol. The van der Waals surface area contributed by atoms with E-state index in [2.05, 4.69) is 15.4 Å². The second-order valence-corrected chi connectivity index (χ2v) is 6.90. The van der Waals surface area contributed by atoms with E-state index in [-0.39, 0.29) is 12.1 Å². The Bertz CT molecular complexity index is 669. The van der Waals surface area contributed by atoms with Gasteiger partial charge in [0.15, 0.2) is 11.6 Å². The topological polar surface area (TPSA) is 87.7 Å². The lowest BCUT2D eigenvalue weighted by atomic mass is 10.1. The molecule has 0 aliphatic heterocycles. The van der Waals surface area contributed by atoms with Gasteiger partial charge in [0, 0.05) is 24.7 Å². The van der Waals surface area contributed by atoms with Crippen LogP contribution >= 0.6 is 0 Å². The van der Waals surface area contributed by atoms with Gasteiger partial charge in [0.1, 0.15) is 0 Å². The summed E-state index contributed by atoms with van der Waals surface area (Å²) >= 11 is 0. The zero-order valence-corrected chi connectivity index (χ0v) is 16.7. The Morgan fingerprint density at radius 2 is 1.50 bits per heavy atom. The zero-order chi connectivity index (χ0) is 22.4. The minimum atomic E-state index is -4.99. The Morgan fingerprint density at radius 3 is 2.03 bits per heavy atom. The average molecular weight is 436 g/mol. The van der Waals surface area contributed by atoms with Gasteiger partial charge in [-0.25, -0.2) is 9.18 Å². The van der Waals surface area contributed by atoms with Crippen molar-refractivity contribution in [1.29, 1.82) is 0 Å². The quantitative estimate of drug-likeness (QED) is 0.253. The minimum absolute atomic E-state index is 0.0166. The fraction of sp³-hybridized carbons (Fsp3) is 0.600. The number of carbonyl (C=O) groups excluding carboxylic acids is 1. The van der Waals surface area contributed by atoms with Gasteiger partial charge in [0.05, 0.1) is 0 Å². The maximum atomic E-state index is 13.6. The fourth-order valence-electron chi connectivity index (χ4n) is 2.80.